The molecule has 1 amide bonds. The average molecular weight is 401 g/mol. The van der Waals surface area contributed by atoms with Crippen molar-refractivity contribution in [2.75, 3.05) is 19.4 Å². The number of rotatable bonds is 9. The topological polar surface area (TPSA) is 97.7 Å². The third kappa shape index (κ3) is 5.35. The molecule has 0 aliphatic carbocycles. The second-order valence-corrected chi connectivity index (χ2v) is 7.28. The van der Waals surface area contributed by atoms with Crippen LogP contribution < -0.4 is 10.1 Å². The Hall–Kier alpha value is -2.81. The van der Waals surface area contributed by atoms with Gasteiger partial charge in [-0.25, -0.2) is 4.98 Å². The lowest BCUT2D eigenvalue weighted by Gasteiger charge is -2.06. The van der Waals surface area contributed by atoms with E-state index in [4.69, 9.17) is 4.74 Å². The van der Waals surface area contributed by atoms with Crippen LogP contribution in [0, 0.1) is 13.8 Å². The number of thioether (sulfide) groups is 1. The van der Waals surface area contributed by atoms with Gasteiger partial charge in [0, 0.05) is 24.3 Å². The third-order valence-electron chi connectivity index (χ3n) is 4.13. The van der Waals surface area contributed by atoms with Crippen LogP contribution >= 0.6 is 11.8 Å². The van der Waals surface area contributed by atoms with Crippen molar-refractivity contribution in [1.82, 2.24) is 30.3 Å². The summed E-state index contributed by atoms with van der Waals surface area (Å²) < 4.78 is 7.11. The highest BCUT2D eigenvalue weighted by atomic mass is 32.2. The Morgan fingerprint density at radius 2 is 2.07 bits per heavy atom. The first kappa shape index (κ1) is 19.9. The molecular weight excluding hydrogens is 376 g/mol. The van der Waals surface area contributed by atoms with E-state index in [1.54, 1.807) is 7.11 Å². The molecule has 2 aromatic heterocycles. The predicted molar refractivity (Wildman–Crippen MR) is 108 cm³/mol. The summed E-state index contributed by atoms with van der Waals surface area (Å²) in [4.78, 5) is 16.4. The highest BCUT2D eigenvalue weighted by Crippen LogP contribution is 2.21. The van der Waals surface area contributed by atoms with E-state index >= 15 is 0 Å². The molecule has 2 N–H and O–H groups in total. The van der Waals surface area contributed by atoms with E-state index < -0.39 is 0 Å². The molecule has 0 saturated carbocycles. The minimum absolute atomic E-state index is 0.0332. The Bertz CT molecular complexity index is 919. The van der Waals surface area contributed by atoms with E-state index in [-0.39, 0.29) is 11.7 Å². The standard InChI is InChI=1S/C19H24N6O2S/c1-13-11-14(2)25(24-13)10-4-9-20-17(26)12-28-19-21-18(22-23-19)15-5-7-16(27-3)8-6-15/h5-8,11H,4,9-10,12H2,1-3H3,(H,20,26)(H,21,22,23). The summed E-state index contributed by atoms with van der Waals surface area (Å²) in [5.41, 5.74) is 3.06. The molecule has 0 bridgehead atoms. The number of ether oxygens (including phenoxy) is 1. The van der Waals surface area contributed by atoms with Crippen LogP contribution in [0.5, 0.6) is 5.75 Å². The van der Waals surface area contributed by atoms with Crippen LogP contribution in [0.25, 0.3) is 11.4 Å². The molecule has 0 aliphatic rings. The van der Waals surface area contributed by atoms with Gasteiger partial charge in [0.05, 0.1) is 18.6 Å². The number of hydrogen-bond acceptors (Lipinski definition) is 6. The first-order valence-corrected chi connectivity index (χ1v) is 10.0. The molecule has 2 heterocycles. The fourth-order valence-electron chi connectivity index (χ4n) is 2.73. The van der Waals surface area contributed by atoms with Gasteiger partial charge in [-0.15, -0.1) is 5.10 Å². The lowest BCUT2D eigenvalue weighted by Crippen LogP contribution is -2.27. The van der Waals surface area contributed by atoms with E-state index in [0.29, 0.717) is 17.5 Å². The number of carbonyl (C=O) groups is 1. The molecule has 0 spiro atoms. The fraction of sp³-hybridized carbons (Fsp3) is 0.368. The Balaban J connectivity index is 1.39. The van der Waals surface area contributed by atoms with Gasteiger partial charge in [-0.1, -0.05) is 11.8 Å². The van der Waals surface area contributed by atoms with Gasteiger partial charge in [0.1, 0.15) is 5.75 Å². The molecule has 1 aromatic carbocycles. The zero-order valence-corrected chi connectivity index (χ0v) is 17.0. The number of methoxy groups -OCH3 is 1. The van der Waals surface area contributed by atoms with Crippen LogP contribution in [0.15, 0.2) is 35.5 Å². The van der Waals surface area contributed by atoms with Gasteiger partial charge in [-0.2, -0.15) is 5.10 Å². The summed E-state index contributed by atoms with van der Waals surface area (Å²) in [5, 5.41) is 14.9. The second kappa shape index (κ2) is 9.41. The monoisotopic (exact) mass is 400 g/mol. The van der Waals surface area contributed by atoms with Gasteiger partial charge < -0.3 is 10.1 Å². The zero-order chi connectivity index (χ0) is 19.9. The predicted octanol–water partition coefficient (Wildman–Crippen LogP) is 2.59. The summed E-state index contributed by atoms with van der Waals surface area (Å²) in [6.45, 7) is 5.42. The lowest BCUT2D eigenvalue weighted by atomic mass is 10.2. The number of aryl methyl sites for hydroxylation is 3. The Labute approximate surface area is 168 Å². The first-order valence-electron chi connectivity index (χ1n) is 9.02. The Morgan fingerprint density at radius 1 is 1.29 bits per heavy atom. The number of H-pyrrole nitrogens is 1. The summed E-state index contributed by atoms with van der Waals surface area (Å²) in [5.74, 6) is 1.69. The van der Waals surface area contributed by atoms with Gasteiger partial charge in [-0.3, -0.25) is 14.6 Å². The molecule has 0 saturated heterocycles. The zero-order valence-electron chi connectivity index (χ0n) is 16.2. The Kier molecular flexibility index (Phi) is 6.70. The summed E-state index contributed by atoms with van der Waals surface area (Å²) in [6, 6.07) is 9.59. The number of nitrogens with one attached hydrogen (secondary N) is 2. The van der Waals surface area contributed by atoms with Gasteiger partial charge in [0.2, 0.25) is 11.1 Å². The molecule has 28 heavy (non-hydrogen) atoms. The highest BCUT2D eigenvalue weighted by Gasteiger charge is 2.09. The molecule has 0 fully saturated rings. The maximum Gasteiger partial charge on any atom is 0.230 e. The largest absolute Gasteiger partial charge is 0.497 e. The van der Waals surface area contributed by atoms with Crippen LogP contribution in [-0.2, 0) is 11.3 Å². The van der Waals surface area contributed by atoms with Crippen molar-refractivity contribution >= 4 is 17.7 Å². The minimum atomic E-state index is -0.0332. The van der Waals surface area contributed by atoms with Crippen molar-refractivity contribution in [3.8, 4) is 17.1 Å². The SMILES string of the molecule is COc1ccc(-c2nc(SCC(=O)NCCCn3nc(C)cc3C)n[nH]2)cc1. The molecule has 3 rings (SSSR count). The minimum Gasteiger partial charge on any atom is -0.497 e. The molecular formula is C19H24N6O2S. The van der Waals surface area contributed by atoms with Crippen molar-refractivity contribution in [2.45, 2.75) is 32.0 Å². The summed E-state index contributed by atoms with van der Waals surface area (Å²) >= 11 is 1.30. The van der Waals surface area contributed by atoms with Crippen molar-refractivity contribution < 1.29 is 9.53 Å². The molecule has 0 unspecified atom stereocenters. The van der Waals surface area contributed by atoms with E-state index in [1.807, 2.05) is 48.9 Å². The Morgan fingerprint density at radius 3 is 2.75 bits per heavy atom. The van der Waals surface area contributed by atoms with Gasteiger partial charge in [0.15, 0.2) is 5.82 Å². The molecule has 0 atom stereocenters. The van der Waals surface area contributed by atoms with E-state index in [0.717, 1.165) is 35.7 Å². The smallest absolute Gasteiger partial charge is 0.230 e. The van der Waals surface area contributed by atoms with Crippen LogP contribution in [0.4, 0.5) is 0 Å². The van der Waals surface area contributed by atoms with Crippen molar-refractivity contribution in [3.05, 3.63) is 41.7 Å². The average Bonchev–Trinajstić information content (AvgIpc) is 3.29. The number of aromatic amines is 1. The fourth-order valence-corrected chi connectivity index (χ4v) is 3.36. The van der Waals surface area contributed by atoms with Crippen molar-refractivity contribution in [1.29, 1.82) is 0 Å². The number of carbonyl (C=O) groups excluding carboxylic acids is 1. The van der Waals surface area contributed by atoms with Crippen LogP contribution in [-0.4, -0.2) is 50.3 Å². The normalized spacial score (nSPS) is 10.8. The van der Waals surface area contributed by atoms with Gasteiger partial charge in [-0.05, 0) is 50.6 Å². The van der Waals surface area contributed by atoms with Crippen molar-refractivity contribution in [3.63, 3.8) is 0 Å². The maximum absolute atomic E-state index is 12.0. The number of nitrogens with zero attached hydrogens (tertiary/aromatic N) is 4. The molecule has 148 valence electrons. The third-order valence-corrected chi connectivity index (χ3v) is 4.98. The van der Waals surface area contributed by atoms with E-state index in [9.17, 15) is 4.79 Å². The molecule has 3 aromatic rings. The van der Waals surface area contributed by atoms with E-state index in [2.05, 4.69) is 25.6 Å². The number of aromatic nitrogens is 5. The van der Waals surface area contributed by atoms with Crippen LogP contribution in [0.3, 0.4) is 0 Å². The molecule has 8 nitrogen and oxygen atoms in total. The van der Waals surface area contributed by atoms with E-state index in [1.165, 1.54) is 11.8 Å². The number of hydrogen-bond donors (Lipinski definition) is 2. The number of benzene rings is 1. The van der Waals surface area contributed by atoms with Crippen LogP contribution in [0.1, 0.15) is 17.8 Å². The maximum atomic E-state index is 12.0. The molecule has 9 heteroatoms. The molecule has 0 radical (unpaired) electrons. The second-order valence-electron chi connectivity index (χ2n) is 6.34. The van der Waals surface area contributed by atoms with Gasteiger partial charge >= 0.3 is 0 Å². The first-order chi connectivity index (χ1) is 13.5. The van der Waals surface area contributed by atoms with Gasteiger partial charge in [0.25, 0.3) is 0 Å². The van der Waals surface area contributed by atoms with Crippen molar-refractivity contribution in [2.24, 2.45) is 0 Å². The quantitative estimate of drug-likeness (QED) is 0.423. The summed E-state index contributed by atoms with van der Waals surface area (Å²) in [6.07, 6.45) is 0.834. The lowest BCUT2D eigenvalue weighted by molar-refractivity contribution is -0.118. The molecule has 0 aliphatic heterocycles. The summed E-state index contributed by atoms with van der Waals surface area (Å²) in [7, 11) is 1.63. The van der Waals surface area contributed by atoms with Crippen LogP contribution in [0.2, 0.25) is 0 Å². The number of amides is 1. The highest BCUT2D eigenvalue weighted by molar-refractivity contribution is 7.99.